The highest BCUT2D eigenvalue weighted by molar-refractivity contribution is 7.17. The van der Waals surface area contributed by atoms with Gasteiger partial charge in [0.25, 0.3) is 0 Å². The second kappa shape index (κ2) is 5.61. The van der Waals surface area contributed by atoms with Crippen LogP contribution in [0.15, 0.2) is 54.2 Å². The van der Waals surface area contributed by atoms with Crippen molar-refractivity contribution in [3.05, 3.63) is 54.1 Å². The molecule has 4 rings (SSSR count). The molecule has 1 aliphatic heterocycles. The Hall–Kier alpha value is -2.67. The summed E-state index contributed by atoms with van der Waals surface area (Å²) in [6.07, 6.45) is 12.8. The third-order valence-corrected chi connectivity index (χ3v) is 4.41. The predicted molar refractivity (Wildman–Crippen MR) is 85.4 cm³/mol. The maximum Gasteiger partial charge on any atom is 0.151 e. The average molecular weight is 308 g/mol. The van der Waals surface area contributed by atoms with Crippen LogP contribution in [-0.4, -0.2) is 30.7 Å². The molecule has 0 unspecified atom stereocenters. The summed E-state index contributed by atoms with van der Waals surface area (Å²) in [5, 5.41) is 8.78. The van der Waals surface area contributed by atoms with Gasteiger partial charge in [0.15, 0.2) is 5.82 Å². The zero-order valence-corrected chi connectivity index (χ0v) is 12.4. The average Bonchev–Trinajstić information content (AvgIpc) is 3.28. The second-order valence-corrected chi connectivity index (χ2v) is 5.81. The molecule has 0 fully saturated rings. The highest BCUT2D eigenvalue weighted by Gasteiger charge is 2.14. The van der Waals surface area contributed by atoms with Crippen LogP contribution in [0.4, 0.5) is 0 Å². The van der Waals surface area contributed by atoms with Crippen LogP contribution in [0.1, 0.15) is 17.7 Å². The fourth-order valence-corrected chi connectivity index (χ4v) is 3.18. The van der Waals surface area contributed by atoms with Crippen LogP contribution in [0.2, 0.25) is 0 Å². The lowest BCUT2D eigenvalue weighted by Crippen LogP contribution is -2.07. The Morgan fingerprint density at radius 2 is 2.18 bits per heavy atom. The molecule has 6 nitrogen and oxygen atoms in total. The van der Waals surface area contributed by atoms with Crippen molar-refractivity contribution in [1.29, 1.82) is 0 Å². The standard InChI is InChI=1S/C15H12N6S/c1-4-12(19-14(5-1)21-8-7-18-20-21)13-10-17-15(22-13)11-3-2-6-16-9-11/h2-3,5-10H,1,4H2. The van der Waals surface area contributed by atoms with Gasteiger partial charge in [0.2, 0.25) is 0 Å². The minimum absolute atomic E-state index is 0.815. The highest BCUT2D eigenvalue weighted by atomic mass is 32.1. The van der Waals surface area contributed by atoms with Gasteiger partial charge in [-0.3, -0.25) is 4.98 Å². The number of thiazole rings is 1. The molecule has 0 saturated carbocycles. The van der Waals surface area contributed by atoms with Crippen molar-refractivity contribution in [1.82, 2.24) is 25.0 Å². The molecule has 0 radical (unpaired) electrons. The fraction of sp³-hybridized carbons (Fsp3) is 0.133. The molecule has 0 aromatic carbocycles. The molecule has 108 valence electrons. The molecule has 0 saturated heterocycles. The van der Waals surface area contributed by atoms with Crippen molar-refractivity contribution in [2.24, 2.45) is 4.99 Å². The number of hydrogen-bond donors (Lipinski definition) is 0. The fourth-order valence-electron chi connectivity index (χ4n) is 2.26. The van der Waals surface area contributed by atoms with Crippen LogP contribution >= 0.6 is 11.3 Å². The van der Waals surface area contributed by atoms with E-state index in [0.29, 0.717) is 0 Å². The third-order valence-electron chi connectivity index (χ3n) is 3.31. The largest absolute Gasteiger partial charge is 0.264 e. The summed E-state index contributed by atoms with van der Waals surface area (Å²) in [6.45, 7) is 0. The van der Waals surface area contributed by atoms with Gasteiger partial charge in [-0.15, -0.1) is 16.4 Å². The number of aliphatic imine (C=N–C) groups is 1. The van der Waals surface area contributed by atoms with Gasteiger partial charge in [-0.05, 0) is 31.1 Å². The highest BCUT2D eigenvalue weighted by Crippen LogP contribution is 2.27. The summed E-state index contributed by atoms with van der Waals surface area (Å²) in [5.41, 5.74) is 2.07. The Kier molecular flexibility index (Phi) is 3.32. The van der Waals surface area contributed by atoms with Crippen LogP contribution in [0, 0.1) is 0 Å². The number of nitrogens with zero attached hydrogens (tertiary/aromatic N) is 6. The van der Waals surface area contributed by atoms with Crippen LogP contribution in [0.5, 0.6) is 0 Å². The number of hydrogen-bond acceptors (Lipinski definition) is 6. The number of rotatable bonds is 3. The van der Waals surface area contributed by atoms with Crippen LogP contribution in [0.3, 0.4) is 0 Å². The summed E-state index contributed by atoms with van der Waals surface area (Å²) in [4.78, 5) is 14.4. The molecular formula is C15H12N6S. The van der Waals surface area contributed by atoms with E-state index in [4.69, 9.17) is 4.99 Å². The van der Waals surface area contributed by atoms with Crippen LogP contribution < -0.4 is 0 Å². The second-order valence-electron chi connectivity index (χ2n) is 4.78. The van der Waals surface area contributed by atoms with Crippen molar-refractivity contribution >= 4 is 22.9 Å². The molecule has 4 heterocycles. The first-order chi connectivity index (χ1) is 10.9. The Morgan fingerprint density at radius 3 is 3.00 bits per heavy atom. The lowest BCUT2D eigenvalue weighted by molar-refractivity contribution is 0.800. The molecule has 0 aliphatic carbocycles. The van der Waals surface area contributed by atoms with E-state index in [9.17, 15) is 0 Å². The molecule has 0 spiro atoms. The Labute approximate surface area is 130 Å². The topological polar surface area (TPSA) is 68.8 Å². The molecule has 3 aromatic heterocycles. The van der Waals surface area contributed by atoms with E-state index in [1.54, 1.807) is 34.6 Å². The summed E-state index contributed by atoms with van der Waals surface area (Å²) in [5.74, 6) is 0.815. The van der Waals surface area contributed by atoms with Gasteiger partial charge < -0.3 is 0 Å². The van der Waals surface area contributed by atoms with Crippen LogP contribution in [0.25, 0.3) is 16.4 Å². The number of pyridine rings is 1. The van der Waals surface area contributed by atoms with Crippen molar-refractivity contribution in [2.75, 3.05) is 0 Å². The molecule has 0 atom stereocenters. The molecular weight excluding hydrogens is 296 g/mol. The lowest BCUT2D eigenvalue weighted by atomic mass is 10.1. The minimum atomic E-state index is 0.815. The Bertz CT molecular complexity index is 832. The van der Waals surface area contributed by atoms with E-state index in [1.165, 1.54) is 0 Å². The zero-order valence-electron chi connectivity index (χ0n) is 11.6. The summed E-state index contributed by atoms with van der Waals surface area (Å²) in [7, 11) is 0. The molecule has 0 bridgehead atoms. The maximum absolute atomic E-state index is 4.69. The van der Waals surface area contributed by atoms with E-state index in [0.717, 1.165) is 39.8 Å². The van der Waals surface area contributed by atoms with E-state index in [2.05, 4.69) is 26.4 Å². The van der Waals surface area contributed by atoms with E-state index >= 15 is 0 Å². The lowest BCUT2D eigenvalue weighted by Gasteiger charge is -2.10. The van der Waals surface area contributed by atoms with Crippen molar-refractivity contribution in [3.8, 4) is 10.6 Å². The predicted octanol–water partition coefficient (Wildman–Crippen LogP) is 2.88. The monoisotopic (exact) mass is 308 g/mol. The molecule has 0 amide bonds. The maximum atomic E-state index is 4.69. The number of aromatic nitrogens is 5. The molecule has 3 aromatic rings. The van der Waals surface area contributed by atoms with Crippen molar-refractivity contribution < 1.29 is 0 Å². The first-order valence-electron chi connectivity index (χ1n) is 6.91. The smallest absolute Gasteiger partial charge is 0.151 e. The molecule has 22 heavy (non-hydrogen) atoms. The van der Waals surface area contributed by atoms with E-state index < -0.39 is 0 Å². The third kappa shape index (κ3) is 2.46. The van der Waals surface area contributed by atoms with Crippen LogP contribution in [-0.2, 0) is 0 Å². The molecule has 7 heteroatoms. The van der Waals surface area contributed by atoms with Gasteiger partial charge in [-0.1, -0.05) is 5.21 Å². The molecule has 0 N–H and O–H groups in total. The van der Waals surface area contributed by atoms with Crippen molar-refractivity contribution in [3.63, 3.8) is 0 Å². The van der Waals surface area contributed by atoms with Gasteiger partial charge in [0.05, 0.1) is 23.0 Å². The van der Waals surface area contributed by atoms with Gasteiger partial charge in [-0.25, -0.2) is 14.7 Å². The summed E-state index contributed by atoms with van der Waals surface area (Å²) >= 11 is 1.64. The summed E-state index contributed by atoms with van der Waals surface area (Å²) in [6, 6.07) is 3.93. The van der Waals surface area contributed by atoms with Crippen molar-refractivity contribution in [2.45, 2.75) is 12.8 Å². The molecule has 1 aliphatic rings. The Morgan fingerprint density at radius 1 is 1.18 bits per heavy atom. The quantitative estimate of drug-likeness (QED) is 0.746. The van der Waals surface area contributed by atoms with E-state index in [-0.39, 0.29) is 0 Å². The van der Waals surface area contributed by atoms with Gasteiger partial charge in [-0.2, -0.15) is 0 Å². The van der Waals surface area contributed by atoms with Gasteiger partial charge in [0.1, 0.15) is 5.01 Å². The zero-order chi connectivity index (χ0) is 14.8. The normalized spacial score (nSPS) is 14.5. The Balaban J connectivity index is 1.65. The van der Waals surface area contributed by atoms with Gasteiger partial charge >= 0.3 is 0 Å². The number of allylic oxidation sites excluding steroid dienone is 1. The van der Waals surface area contributed by atoms with Gasteiger partial charge in [0, 0.05) is 24.2 Å². The SMILES string of the molecule is C1=C(n2ccnn2)N=C(c2cnc(-c3cccnc3)s2)CC1. The minimum Gasteiger partial charge on any atom is -0.264 e. The first kappa shape index (κ1) is 13.0. The van der Waals surface area contributed by atoms with E-state index in [1.807, 2.05) is 24.5 Å². The summed E-state index contributed by atoms with van der Waals surface area (Å²) < 4.78 is 1.68. The first-order valence-corrected chi connectivity index (χ1v) is 7.73.